The molecular formula is C14H21BrFN. The van der Waals surface area contributed by atoms with E-state index in [9.17, 15) is 4.39 Å². The molecule has 0 aromatic heterocycles. The predicted molar refractivity (Wildman–Crippen MR) is 76.0 cm³/mol. The summed E-state index contributed by atoms with van der Waals surface area (Å²) < 4.78 is 13.7. The Balaban J connectivity index is 2.11. The van der Waals surface area contributed by atoms with Gasteiger partial charge in [-0.25, -0.2) is 4.39 Å². The second kappa shape index (κ2) is 8.51. The van der Waals surface area contributed by atoms with Crippen LogP contribution in [-0.2, 0) is 0 Å². The van der Waals surface area contributed by atoms with Gasteiger partial charge >= 0.3 is 0 Å². The lowest BCUT2D eigenvalue weighted by molar-refractivity contribution is 0.615. The second-order valence-electron chi connectivity index (χ2n) is 4.32. The van der Waals surface area contributed by atoms with Crippen LogP contribution in [0, 0.1) is 5.82 Å². The molecule has 0 unspecified atom stereocenters. The summed E-state index contributed by atoms with van der Waals surface area (Å²) in [6.07, 6.45) is 7.68. The molecule has 0 saturated heterocycles. The van der Waals surface area contributed by atoms with Gasteiger partial charge in [0, 0.05) is 12.2 Å². The molecular weight excluding hydrogens is 281 g/mol. The third-order valence-electron chi connectivity index (χ3n) is 2.78. The van der Waals surface area contributed by atoms with Gasteiger partial charge in [-0.1, -0.05) is 39.0 Å². The quantitative estimate of drug-likeness (QED) is 0.637. The van der Waals surface area contributed by atoms with Gasteiger partial charge < -0.3 is 5.32 Å². The van der Waals surface area contributed by atoms with E-state index in [0.29, 0.717) is 4.47 Å². The summed E-state index contributed by atoms with van der Waals surface area (Å²) in [7, 11) is 0. The molecule has 0 saturated carbocycles. The minimum Gasteiger partial charge on any atom is -0.385 e. The second-order valence-corrected chi connectivity index (χ2v) is 5.18. The summed E-state index contributed by atoms with van der Waals surface area (Å²) in [5, 5.41) is 3.24. The van der Waals surface area contributed by atoms with E-state index in [-0.39, 0.29) is 5.82 Å². The maximum Gasteiger partial charge on any atom is 0.139 e. The number of hydrogen-bond acceptors (Lipinski definition) is 1. The molecule has 0 aliphatic heterocycles. The minimum absolute atomic E-state index is 0.210. The van der Waals surface area contributed by atoms with Crippen molar-refractivity contribution in [3.05, 3.63) is 28.5 Å². The highest BCUT2D eigenvalue weighted by Crippen LogP contribution is 2.19. The van der Waals surface area contributed by atoms with Gasteiger partial charge in [0.2, 0.25) is 0 Å². The van der Waals surface area contributed by atoms with Crippen LogP contribution in [0.4, 0.5) is 10.1 Å². The zero-order chi connectivity index (χ0) is 12.5. The van der Waals surface area contributed by atoms with Crippen molar-refractivity contribution in [2.45, 2.75) is 45.4 Å². The van der Waals surface area contributed by atoms with Gasteiger partial charge in [0.05, 0.1) is 4.47 Å². The van der Waals surface area contributed by atoms with Crippen LogP contribution in [0.25, 0.3) is 0 Å². The average Bonchev–Trinajstić information content (AvgIpc) is 2.32. The number of halogens is 2. The van der Waals surface area contributed by atoms with Crippen LogP contribution < -0.4 is 5.32 Å². The Labute approximate surface area is 112 Å². The number of rotatable bonds is 8. The summed E-state index contributed by atoms with van der Waals surface area (Å²) in [4.78, 5) is 0. The Morgan fingerprint density at radius 2 is 1.82 bits per heavy atom. The van der Waals surface area contributed by atoms with E-state index in [2.05, 4.69) is 28.2 Å². The first-order valence-corrected chi connectivity index (χ1v) is 7.22. The zero-order valence-electron chi connectivity index (χ0n) is 10.4. The Morgan fingerprint density at radius 1 is 1.12 bits per heavy atom. The van der Waals surface area contributed by atoms with Crippen molar-refractivity contribution in [2.24, 2.45) is 0 Å². The smallest absolute Gasteiger partial charge is 0.139 e. The van der Waals surface area contributed by atoms with Crippen molar-refractivity contribution in [1.82, 2.24) is 0 Å². The molecule has 1 aromatic carbocycles. The van der Waals surface area contributed by atoms with Gasteiger partial charge in [-0.3, -0.25) is 0 Å². The van der Waals surface area contributed by atoms with Crippen molar-refractivity contribution in [2.75, 3.05) is 11.9 Å². The molecule has 0 amide bonds. The molecule has 0 bridgehead atoms. The fraction of sp³-hybridized carbons (Fsp3) is 0.571. The van der Waals surface area contributed by atoms with Crippen molar-refractivity contribution in [3.8, 4) is 0 Å². The van der Waals surface area contributed by atoms with Crippen LogP contribution in [0.5, 0.6) is 0 Å². The van der Waals surface area contributed by atoms with Gasteiger partial charge in [0.15, 0.2) is 0 Å². The molecule has 0 aliphatic rings. The first-order valence-electron chi connectivity index (χ1n) is 6.43. The molecule has 0 aliphatic carbocycles. The molecule has 1 aromatic rings. The monoisotopic (exact) mass is 301 g/mol. The molecule has 96 valence electrons. The van der Waals surface area contributed by atoms with E-state index in [1.54, 1.807) is 6.07 Å². The van der Waals surface area contributed by atoms with E-state index >= 15 is 0 Å². The maximum atomic E-state index is 13.2. The highest BCUT2D eigenvalue weighted by Gasteiger charge is 1.99. The van der Waals surface area contributed by atoms with Crippen LogP contribution in [0.15, 0.2) is 22.7 Å². The Kier molecular flexibility index (Phi) is 7.25. The highest BCUT2D eigenvalue weighted by atomic mass is 79.9. The zero-order valence-corrected chi connectivity index (χ0v) is 12.0. The molecule has 3 heteroatoms. The SMILES string of the molecule is CCCCCCCCNc1ccc(Br)c(F)c1. The molecule has 17 heavy (non-hydrogen) atoms. The van der Waals surface area contributed by atoms with Crippen molar-refractivity contribution < 1.29 is 4.39 Å². The van der Waals surface area contributed by atoms with E-state index in [1.165, 1.54) is 38.2 Å². The molecule has 0 radical (unpaired) electrons. The van der Waals surface area contributed by atoms with Crippen LogP contribution >= 0.6 is 15.9 Å². The fourth-order valence-electron chi connectivity index (χ4n) is 1.74. The average molecular weight is 302 g/mol. The molecule has 0 heterocycles. The van der Waals surface area contributed by atoms with Crippen molar-refractivity contribution in [1.29, 1.82) is 0 Å². The summed E-state index contributed by atoms with van der Waals surface area (Å²) >= 11 is 3.14. The van der Waals surface area contributed by atoms with Crippen molar-refractivity contribution >= 4 is 21.6 Å². The Bertz CT molecular complexity index is 328. The minimum atomic E-state index is -0.210. The Morgan fingerprint density at radius 3 is 2.53 bits per heavy atom. The lowest BCUT2D eigenvalue weighted by Crippen LogP contribution is -2.01. The topological polar surface area (TPSA) is 12.0 Å². The molecule has 0 atom stereocenters. The van der Waals surface area contributed by atoms with Crippen LogP contribution in [0.1, 0.15) is 45.4 Å². The summed E-state index contributed by atoms with van der Waals surface area (Å²) in [5.41, 5.74) is 0.860. The standard InChI is InChI=1S/C14H21BrFN/c1-2-3-4-5-6-7-10-17-12-8-9-13(15)14(16)11-12/h8-9,11,17H,2-7,10H2,1H3. The van der Waals surface area contributed by atoms with Crippen LogP contribution in [-0.4, -0.2) is 6.54 Å². The number of hydrogen-bond donors (Lipinski definition) is 1. The third kappa shape index (κ3) is 6.06. The number of anilines is 1. The summed E-state index contributed by atoms with van der Waals surface area (Å²) in [6, 6.07) is 5.16. The normalized spacial score (nSPS) is 10.5. The molecule has 1 rings (SSSR count). The third-order valence-corrected chi connectivity index (χ3v) is 3.42. The van der Waals surface area contributed by atoms with Gasteiger partial charge in [0.25, 0.3) is 0 Å². The lowest BCUT2D eigenvalue weighted by atomic mass is 10.1. The summed E-state index contributed by atoms with van der Waals surface area (Å²) in [5.74, 6) is -0.210. The maximum absolute atomic E-state index is 13.2. The largest absolute Gasteiger partial charge is 0.385 e. The molecule has 1 N–H and O–H groups in total. The number of unbranched alkanes of at least 4 members (excludes halogenated alkanes) is 5. The fourth-order valence-corrected chi connectivity index (χ4v) is 1.99. The van der Waals surface area contributed by atoms with Gasteiger partial charge in [-0.05, 0) is 40.5 Å². The van der Waals surface area contributed by atoms with Gasteiger partial charge in [0.1, 0.15) is 5.82 Å². The van der Waals surface area contributed by atoms with E-state index < -0.39 is 0 Å². The van der Waals surface area contributed by atoms with Gasteiger partial charge in [-0.2, -0.15) is 0 Å². The highest BCUT2D eigenvalue weighted by molar-refractivity contribution is 9.10. The summed E-state index contributed by atoms with van der Waals surface area (Å²) in [6.45, 7) is 3.15. The first kappa shape index (κ1) is 14.5. The van der Waals surface area contributed by atoms with Crippen LogP contribution in [0.2, 0.25) is 0 Å². The predicted octanol–water partition coefficient (Wildman–Crippen LogP) is 5.36. The van der Waals surface area contributed by atoms with Crippen LogP contribution in [0.3, 0.4) is 0 Å². The lowest BCUT2D eigenvalue weighted by Gasteiger charge is -2.06. The van der Waals surface area contributed by atoms with Crippen molar-refractivity contribution in [3.63, 3.8) is 0 Å². The van der Waals surface area contributed by atoms with E-state index in [4.69, 9.17) is 0 Å². The molecule has 1 nitrogen and oxygen atoms in total. The van der Waals surface area contributed by atoms with Gasteiger partial charge in [-0.15, -0.1) is 0 Å². The number of nitrogens with one attached hydrogen (secondary N) is 1. The number of benzene rings is 1. The first-order chi connectivity index (χ1) is 8.24. The van der Waals surface area contributed by atoms with E-state index in [1.807, 2.05) is 6.07 Å². The molecule has 0 spiro atoms. The molecule has 0 fully saturated rings. The van der Waals surface area contributed by atoms with E-state index in [0.717, 1.165) is 18.7 Å². The Hall–Kier alpha value is -0.570.